The molecule has 0 amide bonds. The molecule has 0 aliphatic heterocycles. The summed E-state index contributed by atoms with van der Waals surface area (Å²) >= 11 is 2.24. The van der Waals surface area contributed by atoms with Gasteiger partial charge in [-0.25, -0.2) is 4.68 Å². The van der Waals surface area contributed by atoms with Crippen molar-refractivity contribution in [2.24, 2.45) is 0 Å². The highest BCUT2D eigenvalue weighted by molar-refractivity contribution is 14.1. The molecule has 0 unspecified atom stereocenters. The van der Waals surface area contributed by atoms with Crippen LogP contribution < -0.4 is 5.73 Å². The van der Waals surface area contributed by atoms with Crippen LogP contribution >= 0.6 is 22.6 Å². The first-order valence-electron chi connectivity index (χ1n) is 5.51. The summed E-state index contributed by atoms with van der Waals surface area (Å²) in [6, 6.07) is 7.76. The Morgan fingerprint density at radius 3 is 2.83 bits per heavy atom. The molecule has 2 heterocycles. The molecule has 5 heteroatoms. The number of hydrogen-bond acceptors (Lipinski definition) is 3. The van der Waals surface area contributed by atoms with Gasteiger partial charge in [-0.1, -0.05) is 0 Å². The number of benzene rings is 1. The highest BCUT2D eigenvalue weighted by atomic mass is 127. The van der Waals surface area contributed by atoms with E-state index in [0.29, 0.717) is 0 Å². The molecule has 2 aromatic heterocycles. The van der Waals surface area contributed by atoms with Gasteiger partial charge < -0.3 is 5.73 Å². The van der Waals surface area contributed by atoms with Crippen molar-refractivity contribution < 1.29 is 0 Å². The Hall–Kier alpha value is -1.63. The molecular weight excluding hydrogens is 339 g/mol. The average molecular weight is 350 g/mol. The quantitative estimate of drug-likeness (QED) is 0.542. The van der Waals surface area contributed by atoms with E-state index in [-0.39, 0.29) is 0 Å². The summed E-state index contributed by atoms with van der Waals surface area (Å²) in [5, 5.41) is 5.36. The van der Waals surface area contributed by atoms with E-state index in [2.05, 4.69) is 32.7 Å². The molecule has 1 aromatic carbocycles. The predicted molar refractivity (Wildman–Crippen MR) is 80.7 cm³/mol. The van der Waals surface area contributed by atoms with E-state index < -0.39 is 0 Å². The molecule has 0 saturated heterocycles. The van der Waals surface area contributed by atoms with E-state index >= 15 is 0 Å². The molecule has 4 nitrogen and oxygen atoms in total. The average Bonchev–Trinajstić information content (AvgIpc) is 2.75. The SMILES string of the molecule is Cc1cc(-n2cc(I)cn2)c2cc(N)ccc2n1. The molecule has 0 radical (unpaired) electrons. The van der Waals surface area contributed by atoms with Gasteiger partial charge in [0, 0.05) is 23.0 Å². The number of nitrogens with two attached hydrogens (primary N) is 1. The molecule has 90 valence electrons. The Bertz CT molecular complexity index is 733. The highest BCUT2D eigenvalue weighted by Crippen LogP contribution is 2.24. The van der Waals surface area contributed by atoms with E-state index in [4.69, 9.17) is 5.73 Å². The van der Waals surface area contributed by atoms with E-state index in [1.165, 1.54) is 0 Å². The zero-order chi connectivity index (χ0) is 12.7. The van der Waals surface area contributed by atoms with Crippen LogP contribution in [0, 0.1) is 10.5 Å². The number of halogens is 1. The van der Waals surface area contributed by atoms with Crippen LogP contribution in [0.3, 0.4) is 0 Å². The van der Waals surface area contributed by atoms with Crippen molar-refractivity contribution in [1.82, 2.24) is 14.8 Å². The summed E-state index contributed by atoms with van der Waals surface area (Å²) in [6.07, 6.45) is 3.81. The predicted octanol–water partition coefficient (Wildman–Crippen LogP) is 2.92. The lowest BCUT2D eigenvalue weighted by molar-refractivity contribution is 0.884. The lowest BCUT2D eigenvalue weighted by Gasteiger charge is -2.08. The zero-order valence-corrected chi connectivity index (χ0v) is 11.9. The first-order chi connectivity index (χ1) is 8.63. The maximum absolute atomic E-state index is 5.86. The van der Waals surface area contributed by atoms with Gasteiger partial charge in [-0.15, -0.1) is 0 Å². The fourth-order valence-corrected chi connectivity index (χ4v) is 2.36. The van der Waals surface area contributed by atoms with Gasteiger partial charge in [0.2, 0.25) is 0 Å². The van der Waals surface area contributed by atoms with Crippen LogP contribution in [0.4, 0.5) is 5.69 Å². The summed E-state index contributed by atoms with van der Waals surface area (Å²) in [7, 11) is 0. The number of aryl methyl sites for hydroxylation is 1. The number of anilines is 1. The van der Waals surface area contributed by atoms with Crippen molar-refractivity contribution in [2.45, 2.75) is 6.92 Å². The Morgan fingerprint density at radius 2 is 2.11 bits per heavy atom. The van der Waals surface area contributed by atoms with Gasteiger partial charge in [0.05, 0.1) is 21.0 Å². The molecule has 18 heavy (non-hydrogen) atoms. The van der Waals surface area contributed by atoms with Crippen LogP contribution in [0.15, 0.2) is 36.7 Å². The second-order valence-electron chi connectivity index (χ2n) is 4.16. The standard InChI is InChI=1S/C13H11IN4/c1-8-4-13(18-7-9(14)6-16-18)11-5-10(15)2-3-12(11)17-8/h2-7H,15H2,1H3. The topological polar surface area (TPSA) is 56.7 Å². The first-order valence-corrected chi connectivity index (χ1v) is 6.59. The molecular formula is C13H11IN4. The van der Waals surface area contributed by atoms with Crippen LogP contribution in [-0.2, 0) is 0 Å². The van der Waals surface area contributed by atoms with Crippen molar-refractivity contribution in [3.05, 3.63) is 45.9 Å². The molecule has 0 aliphatic carbocycles. The normalized spacial score (nSPS) is 11.0. The largest absolute Gasteiger partial charge is 0.399 e. The van der Waals surface area contributed by atoms with E-state index in [9.17, 15) is 0 Å². The minimum absolute atomic E-state index is 0.733. The number of nitrogens with zero attached hydrogens (tertiary/aromatic N) is 3. The Morgan fingerprint density at radius 1 is 1.28 bits per heavy atom. The van der Waals surface area contributed by atoms with E-state index in [1.54, 1.807) is 0 Å². The number of nitrogen functional groups attached to an aromatic ring is 1. The van der Waals surface area contributed by atoms with Gasteiger partial charge in [-0.05, 0) is 53.8 Å². The lowest BCUT2D eigenvalue weighted by atomic mass is 10.1. The van der Waals surface area contributed by atoms with Gasteiger partial charge >= 0.3 is 0 Å². The van der Waals surface area contributed by atoms with E-state index in [0.717, 1.165) is 31.5 Å². The van der Waals surface area contributed by atoms with Gasteiger partial charge in [0.15, 0.2) is 0 Å². The monoisotopic (exact) mass is 350 g/mol. The Labute approximate surface area is 118 Å². The molecule has 0 fully saturated rings. The molecule has 2 N–H and O–H groups in total. The van der Waals surface area contributed by atoms with Crippen molar-refractivity contribution in [1.29, 1.82) is 0 Å². The fourth-order valence-electron chi connectivity index (χ4n) is 1.98. The summed E-state index contributed by atoms with van der Waals surface area (Å²) in [6.45, 7) is 1.98. The molecule has 0 bridgehead atoms. The van der Waals surface area contributed by atoms with Crippen molar-refractivity contribution in [3.8, 4) is 5.69 Å². The summed E-state index contributed by atoms with van der Waals surface area (Å²) in [5.41, 5.74) is 9.50. The molecule has 0 atom stereocenters. The minimum Gasteiger partial charge on any atom is -0.399 e. The summed E-state index contributed by atoms with van der Waals surface area (Å²) < 4.78 is 2.96. The zero-order valence-electron chi connectivity index (χ0n) is 9.76. The van der Waals surface area contributed by atoms with Gasteiger partial charge in [0.1, 0.15) is 0 Å². The highest BCUT2D eigenvalue weighted by Gasteiger charge is 2.07. The molecule has 0 spiro atoms. The summed E-state index contributed by atoms with van der Waals surface area (Å²) in [4.78, 5) is 4.51. The number of pyridine rings is 1. The molecule has 0 saturated carbocycles. The third-order valence-electron chi connectivity index (χ3n) is 2.74. The minimum atomic E-state index is 0.733. The number of aromatic nitrogens is 3. The second kappa shape index (κ2) is 4.24. The maximum atomic E-state index is 5.86. The maximum Gasteiger partial charge on any atom is 0.0758 e. The lowest BCUT2D eigenvalue weighted by Crippen LogP contribution is -1.99. The number of hydrogen-bond donors (Lipinski definition) is 1. The molecule has 0 aliphatic rings. The van der Waals surface area contributed by atoms with Gasteiger partial charge in [-0.3, -0.25) is 4.98 Å². The van der Waals surface area contributed by atoms with E-state index in [1.807, 2.05) is 48.3 Å². The third kappa shape index (κ3) is 1.94. The molecule has 3 aromatic rings. The van der Waals surface area contributed by atoms with Crippen LogP contribution in [-0.4, -0.2) is 14.8 Å². The number of fused-ring (bicyclic) bond motifs is 1. The molecule has 3 rings (SSSR count). The van der Waals surface area contributed by atoms with Gasteiger partial charge in [-0.2, -0.15) is 5.10 Å². The smallest absolute Gasteiger partial charge is 0.0758 e. The van der Waals surface area contributed by atoms with Crippen molar-refractivity contribution >= 4 is 39.2 Å². The van der Waals surface area contributed by atoms with Crippen molar-refractivity contribution in [2.75, 3.05) is 5.73 Å². The van der Waals surface area contributed by atoms with Crippen LogP contribution in [0.2, 0.25) is 0 Å². The van der Waals surface area contributed by atoms with Crippen molar-refractivity contribution in [3.63, 3.8) is 0 Å². The van der Waals surface area contributed by atoms with Crippen LogP contribution in [0.5, 0.6) is 0 Å². The fraction of sp³-hybridized carbons (Fsp3) is 0.0769. The van der Waals surface area contributed by atoms with Crippen LogP contribution in [0.25, 0.3) is 16.6 Å². The number of rotatable bonds is 1. The summed E-state index contributed by atoms with van der Waals surface area (Å²) in [5.74, 6) is 0. The third-order valence-corrected chi connectivity index (χ3v) is 3.29. The Balaban J connectivity index is 2.36. The first kappa shape index (κ1) is 11.5. The Kier molecular flexibility index (Phi) is 2.70. The van der Waals surface area contributed by atoms with Crippen LogP contribution in [0.1, 0.15) is 5.69 Å². The van der Waals surface area contributed by atoms with Gasteiger partial charge in [0.25, 0.3) is 0 Å². The second-order valence-corrected chi connectivity index (χ2v) is 5.41.